The van der Waals surface area contributed by atoms with Crippen LogP contribution in [0.2, 0.25) is 0 Å². The molecule has 0 spiro atoms. The second kappa shape index (κ2) is 8.95. The molecule has 1 heterocycles. The van der Waals surface area contributed by atoms with Crippen LogP contribution in [0.4, 0.5) is 0 Å². The fourth-order valence-electron chi connectivity index (χ4n) is 2.56. The van der Waals surface area contributed by atoms with Gasteiger partial charge in [-0.2, -0.15) is 0 Å². The minimum Gasteiger partial charge on any atom is -0.459 e. The lowest BCUT2D eigenvalue weighted by Crippen LogP contribution is -2.63. The summed E-state index contributed by atoms with van der Waals surface area (Å²) in [6.45, 7) is -0.0102. The van der Waals surface area contributed by atoms with Crippen molar-refractivity contribution in [2.24, 2.45) is 0 Å². The normalized spacial score (nSPS) is 15.8. The maximum atomic E-state index is 12.0. The number of amides is 2. The van der Waals surface area contributed by atoms with E-state index in [1.54, 1.807) is 0 Å². The molecule has 0 bridgehead atoms. The average molecular weight is 368 g/mol. The van der Waals surface area contributed by atoms with Crippen LogP contribution in [-0.4, -0.2) is 42.0 Å². The van der Waals surface area contributed by atoms with Crippen LogP contribution in [-0.2, 0) is 37.0 Å². The van der Waals surface area contributed by atoms with Crippen molar-refractivity contribution >= 4 is 17.8 Å². The van der Waals surface area contributed by atoms with E-state index in [2.05, 4.69) is 5.32 Å². The second-order valence-corrected chi connectivity index (χ2v) is 6.10. The third-order valence-corrected chi connectivity index (χ3v) is 4.02. The van der Waals surface area contributed by atoms with E-state index in [1.165, 1.54) is 0 Å². The van der Waals surface area contributed by atoms with E-state index in [0.717, 1.165) is 16.2 Å². The van der Waals surface area contributed by atoms with Crippen molar-refractivity contribution < 1.29 is 24.0 Å². The van der Waals surface area contributed by atoms with E-state index in [-0.39, 0.29) is 38.0 Å². The van der Waals surface area contributed by atoms with Crippen molar-refractivity contribution in [1.82, 2.24) is 10.4 Å². The molecule has 0 unspecified atom stereocenters. The van der Waals surface area contributed by atoms with E-state index >= 15 is 0 Å². The van der Waals surface area contributed by atoms with Crippen molar-refractivity contribution in [1.29, 1.82) is 0 Å². The fraction of sp³-hybridized carbons (Fsp3) is 0.250. The van der Waals surface area contributed by atoms with Crippen LogP contribution in [0.1, 0.15) is 11.1 Å². The smallest absolute Gasteiger partial charge is 0.335 e. The zero-order valence-electron chi connectivity index (χ0n) is 14.7. The summed E-state index contributed by atoms with van der Waals surface area (Å²) in [4.78, 5) is 40.7. The zero-order valence-corrected chi connectivity index (χ0v) is 14.7. The van der Waals surface area contributed by atoms with Crippen molar-refractivity contribution in [3.05, 3.63) is 71.8 Å². The molecule has 1 atom stereocenters. The highest BCUT2D eigenvalue weighted by Gasteiger charge is 2.39. The first-order valence-electron chi connectivity index (χ1n) is 8.59. The molecule has 27 heavy (non-hydrogen) atoms. The van der Waals surface area contributed by atoms with Gasteiger partial charge in [0.15, 0.2) is 6.61 Å². The molecule has 0 aromatic heterocycles. The summed E-state index contributed by atoms with van der Waals surface area (Å²) >= 11 is 0. The monoisotopic (exact) mass is 368 g/mol. The first kappa shape index (κ1) is 18.6. The summed E-state index contributed by atoms with van der Waals surface area (Å²) in [5.41, 5.74) is 1.74. The fourth-order valence-corrected chi connectivity index (χ4v) is 2.56. The van der Waals surface area contributed by atoms with Gasteiger partial charge in [-0.15, -0.1) is 0 Å². The van der Waals surface area contributed by atoms with Crippen LogP contribution in [0.5, 0.6) is 0 Å². The maximum absolute atomic E-state index is 12.0. The van der Waals surface area contributed by atoms with Crippen molar-refractivity contribution in [3.8, 4) is 0 Å². The molecule has 0 aliphatic carbocycles. The third kappa shape index (κ3) is 5.39. The lowest BCUT2D eigenvalue weighted by atomic mass is 10.1. The van der Waals surface area contributed by atoms with Gasteiger partial charge >= 0.3 is 5.97 Å². The van der Waals surface area contributed by atoms with Gasteiger partial charge < -0.3 is 10.1 Å². The number of hydrogen-bond acceptors (Lipinski definition) is 5. The summed E-state index contributed by atoms with van der Waals surface area (Å²) in [6.07, 6.45) is 0.206. The van der Waals surface area contributed by atoms with Gasteiger partial charge in [-0.3, -0.25) is 14.4 Å². The lowest BCUT2D eigenvalue weighted by Gasteiger charge is -2.36. The minimum absolute atomic E-state index is 0.148. The number of benzene rings is 2. The second-order valence-electron chi connectivity index (χ2n) is 6.10. The molecule has 2 amide bonds. The summed E-state index contributed by atoms with van der Waals surface area (Å²) in [7, 11) is 0. The molecular weight excluding hydrogens is 348 g/mol. The molecule has 3 rings (SSSR count). The van der Waals surface area contributed by atoms with Crippen LogP contribution in [0, 0.1) is 0 Å². The number of hydrogen-bond donors (Lipinski definition) is 1. The predicted molar refractivity (Wildman–Crippen MR) is 96.0 cm³/mol. The summed E-state index contributed by atoms with van der Waals surface area (Å²) in [5.74, 6) is -1.18. The van der Waals surface area contributed by atoms with Crippen LogP contribution in [0.15, 0.2) is 60.7 Å². The van der Waals surface area contributed by atoms with Gasteiger partial charge in [0.05, 0.1) is 13.0 Å². The molecule has 2 aromatic carbocycles. The third-order valence-electron chi connectivity index (χ3n) is 4.02. The maximum Gasteiger partial charge on any atom is 0.335 e. The SMILES string of the molecule is O=C(Cc1ccccc1)N[C@H]1CN(OCC(=O)OCc2ccccc2)C1=O. The number of ether oxygens (including phenoxy) is 1. The van der Waals surface area contributed by atoms with Gasteiger partial charge in [-0.25, -0.2) is 9.86 Å². The van der Waals surface area contributed by atoms with E-state index in [0.29, 0.717) is 0 Å². The standard InChI is InChI=1S/C20H20N2O5/c23-18(11-15-7-3-1-4-8-15)21-17-12-22(20(17)25)27-14-19(24)26-13-16-9-5-2-6-10-16/h1-10,17H,11-14H2,(H,21,23)/t17-/m0/s1. The zero-order chi connectivity index (χ0) is 19.1. The molecule has 1 aliphatic rings. The Morgan fingerprint density at radius 1 is 1.00 bits per heavy atom. The first-order valence-corrected chi connectivity index (χ1v) is 8.59. The Bertz CT molecular complexity index is 795. The van der Waals surface area contributed by atoms with Gasteiger partial charge in [-0.1, -0.05) is 60.7 Å². The summed E-state index contributed by atoms with van der Waals surface area (Å²) < 4.78 is 5.07. The summed E-state index contributed by atoms with van der Waals surface area (Å²) in [5, 5.41) is 3.71. The van der Waals surface area contributed by atoms with Crippen LogP contribution in [0.25, 0.3) is 0 Å². The molecular formula is C20H20N2O5. The van der Waals surface area contributed by atoms with Crippen molar-refractivity contribution in [2.45, 2.75) is 19.1 Å². The van der Waals surface area contributed by atoms with E-state index in [4.69, 9.17) is 9.57 Å². The van der Waals surface area contributed by atoms with E-state index in [9.17, 15) is 14.4 Å². The van der Waals surface area contributed by atoms with Gasteiger partial charge in [-0.05, 0) is 11.1 Å². The number of β-lactam (4-membered cyclic amide) rings is 1. The molecule has 1 saturated heterocycles. The lowest BCUT2D eigenvalue weighted by molar-refractivity contribution is -0.218. The van der Waals surface area contributed by atoms with Crippen LogP contribution < -0.4 is 5.32 Å². The Balaban J connectivity index is 1.33. The van der Waals surface area contributed by atoms with E-state index in [1.807, 2.05) is 60.7 Å². The highest BCUT2D eigenvalue weighted by Crippen LogP contribution is 2.11. The molecule has 2 aromatic rings. The molecule has 7 nitrogen and oxygen atoms in total. The molecule has 7 heteroatoms. The van der Waals surface area contributed by atoms with Crippen molar-refractivity contribution in [3.63, 3.8) is 0 Å². The molecule has 0 saturated carbocycles. The van der Waals surface area contributed by atoms with Gasteiger partial charge in [0, 0.05) is 0 Å². The predicted octanol–water partition coefficient (Wildman–Crippen LogP) is 1.23. The number of carbonyl (C=O) groups excluding carboxylic acids is 3. The molecule has 140 valence electrons. The van der Waals surface area contributed by atoms with Gasteiger partial charge in [0.25, 0.3) is 5.91 Å². The van der Waals surface area contributed by atoms with Gasteiger partial charge in [0.2, 0.25) is 5.91 Å². The van der Waals surface area contributed by atoms with E-state index < -0.39 is 12.0 Å². The highest BCUT2D eigenvalue weighted by molar-refractivity contribution is 5.92. The van der Waals surface area contributed by atoms with Crippen LogP contribution in [0.3, 0.4) is 0 Å². The first-order chi connectivity index (χ1) is 13.1. The number of rotatable bonds is 8. The highest BCUT2D eigenvalue weighted by atomic mass is 16.7. The largest absolute Gasteiger partial charge is 0.459 e. The number of carbonyl (C=O) groups is 3. The number of esters is 1. The molecule has 1 N–H and O–H groups in total. The number of nitrogens with one attached hydrogen (secondary N) is 1. The summed E-state index contributed by atoms with van der Waals surface area (Å²) in [6, 6.07) is 17.9. The van der Waals surface area contributed by atoms with Crippen LogP contribution >= 0.6 is 0 Å². The molecule has 0 radical (unpaired) electrons. The minimum atomic E-state index is -0.624. The Hall–Kier alpha value is -3.19. The number of hydroxylamine groups is 2. The Morgan fingerprint density at radius 2 is 1.63 bits per heavy atom. The molecule has 1 aliphatic heterocycles. The Kier molecular flexibility index (Phi) is 6.17. The van der Waals surface area contributed by atoms with Gasteiger partial charge in [0.1, 0.15) is 12.6 Å². The quantitative estimate of drug-likeness (QED) is 0.560. The topological polar surface area (TPSA) is 84.9 Å². The molecule has 1 fully saturated rings. The van der Waals surface area contributed by atoms with Crippen molar-refractivity contribution in [2.75, 3.05) is 13.2 Å². The number of nitrogens with zero attached hydrogens (tertiary/aromatic N) is 1. The average Bonchev–Trinajstić information content (AvgIpc) is 2.69. The Morgan fingerprint density at radius 3 is 2.26 bits per heavy atom. The Labute approximate surface area is 156 Å².